The first-order valence-electron chi connectivity index (χ1n) is 10.8. The molecule has 6 heteroatoms. The van der Waals surface area contributed by atoms with Gasteiger partial charge in [-0.2, -0.15) is 0 Å². The Morgan fingerprint density at radius 1 is 1.03 bits per heavy atom. The molecule has 0 fully saturated rings. The molecule has 4 rings (SSSR count). The normalized spacial score (nSPS) is 16.2. The second kappa shape index (κ2) is 8.55. The summed E-state index contributed by atoms with van der Waals surface area (Å²) in [7, 11) is 0. The minimum absolute atomic E-state index is 0.151. The molecule has 0 radical (unpaired) electrons. The highest BCUT2D eigenvalue weighted by atomic mass is 16.2. The molecule has 1 unspecified atom stereocenters. The van der Waals surface area contributed by atoms with Crippen LogP contribution in [0.25, 0.3) is 0 Å². The van der Waals surface area contributed by atoms with E-state index in [0.29, 0.717) is 12.1 Å². The SMILES string of the molecule is CC(C)(C)n1cc(CNC2CCN(Cc3ccccc3)c3ccccc32)c(=O)[nH]c1=O. The molecule has 0 amide bonds. The molecule has 0 saturated heterocycles. The van der Waals surface area contributed by atoms with Gasteiger partial charge in [0.1, 0.15) is 0 Å². The Morgan fingerprint density at radius 2 is 1.74 bits per heavy atom. The largest absolute Gasteiger partial charge is 0.367 e. The van der Waals surface area contributed by atoms with Gasteiger partial charge in [-0.1, -0.05) is 48.5 Å². The monoisotopic (exact) mass is 418 g/mol. The smallest absolute Gasteiger partial charge is 0.328 e. The van der Waals surface area contributed by atoms with Crippen LogP contribution in [0.2, 0.25) is 0 Å². The zero-order valence-corrected chi connectivity index (χ0v) is 18.4. The van der Waals surface area contributed by atoms with E-state index in [1.54, 1.807) is 10.8 Å². The number of benzene rings is 2. The second-order valence-corrected chi connectivity index (χ2v) is 9.14. The van der Waals surface area contributed by atoms with E-state index in [0.717, 1.165) is 19.5 Å². The summed E-state index contributed by atoms with van der Waals surface area (Å²) in [4.78, 5) is 29.4. The summed E-state index contributed by atoms with van der Waals surface area (Å²) in [5, 5.41) is 3.56. The number of nitrogens with zero attached hydrogens (tertiary/aromatic N) is 2. The molecule has 2 N–H and O–H groups in total. The van der Waals surface area contributed by atoms with Crippen LogP contribution < -0.4 is 21.5 Å². The molecule has 0 saturated carbocycles. The van der Waals surface area contributed by atoms with Gasteiger partial charge in [-0.15, -0.1) is 0 Å². The number of H-pyrrole nitrogens is 1. The number of aromatic amines is 1. The maximum atomic E-state index is 12.4. The Morgan fingerprint density at radius 3 is 2.48 bits per heavy atom. The van der Waals surface area contributed by atoms with E-state index in [4.69, 9.17) is 0 Å². The Hall–Kier alpha value is -3.12. The van der Waals surface area contributed by atoms with E-state index in [-0.39, 0.29) is 17.3 Å². The summed E-state index contributed by atoms with van der Waals surface area (Å²) in [6.45, 7) is 8.06. The van der Waals surface area contributed by atoms with E-state index in [9.17, 15) is 9.59 Å². The number of hydrogen-bond donors (Lipinski definition) is 2. The zero-order valence-electron chi connectivity index (χ0n) is 18.4. The number of aromatic nitrogens is 2. The first kappa shape index (κ1) is 21.1. The van der Waals surface area contributed by atoms with Crippen LogP contribution in [0, 0.1) is 0 Å². The lowest BCUT2D eigenvalue weighted by Crippen LogP contribution is -2.41. The lowest BCUT2D eigenvalue weighted by atomic mass is 9.95. The molecule has 3 aromatic rings. The van der Waals surface area contributed by atoms with E-state index in [2.05, 4.69) is 63.7 Å². The summed E-state index contributed by atoms with van der Waals surface area (Å²) < 4.78 is 1.59. The van der Waals surface area contributed by atoms with E-state index in [1.807, 2.05) is 26.8 Å². The van der Waals surface area contributed by atoms with Crippen LogP contribution in [-0.2, 0) is 18.6 Å². The van der Waals surface area contributed by atoms with Crippen molar-refractivity contribution in [1.29, 1.82) is 0 Å². The van der Waals surface area contributed by atoms with Crippen LogP contribution in [0.15, 0.2) is 70.4 Å². The van der Waals surface area contributed by atoms with Gasteiger partial charge in [-0.3, -0.25) is 14.3 Å². The Bertz CT molecular complexity index is 1160. The molecule has 0 spiro atoms. The van der Waals surface area contributed by atoms with Crippen molar-refractivity contribution in [1.82, 2.24) is 14.9 Å². The predicted molar refractivity (Wildman–Crippen MR) is 124 cm³/mol. The Balaban J connectivity index is 1.54. The fourth-order valence-corrected chi connectivity index (χ4v) is 4.18. The van der Waals surface area contributed by atoms with Crippen LogP contribution >= 0.6 is 0 Å². The number of anilines is 1. The van der Waals surface area contributed by atoms with Crippen LogP contribution in [0.4, 0.5) is 5.69 Å². The quantitative estimate of drug-likeness (QED) is 0.665. The van der Waals surface area contributed by atoms with Gasteiger partial charge in [0, 0.05) is 48.7 Å². The first-order valence-corrected chi connectivity index (χ1v) is 10.8. The molecule has 1 aliphatic heterocycles. The number of hydrogen-bond acceptors (Lipinski definition) is 4. The van der Waals surface area contributed by atoms with E-state index in [1.165, 1.54) is 16.8 Å². The molecule has 1 atom stereocenters. The van der Waals surface area contributed by atoms with Gasteiger partial charge < -0.3 is 10.2 Å². The van der Waals surface area contributed by atoms with Gasteiger partial charge in [0.25, 0.3) is 5.56 Å². The molecular weight excluding hydrogens is 388 g/mol. The molecule has 1 aliphatic rings. The first-order chi connectivity index (χ1) is 14.8. The molecule has 31 heavy (non-hydrogen) atoms. The third-order valence-corrected chi connectivity index (χ3v) is 5.83. The van der Waals surface area contributed by atoms with Crippen molar-refractivity contribution in [3.8, 4) is 0 Å². The maximum absolute atomic E-state index is 12.4. The Labute approximate surface area is 182 Å². The van der Waals surface area contributed by atoms with Crippen molar-refractivity contribution in [3.63, 3.8) is 0 Å². The van der Waals surface area contributed by atoms with E-state index < -0.39 is 5.54 Å². The highest BCUT2D eigenvalue weighted by Gasteiger charge is 2.25. The van der Waals surface area contributed by atoms with Gasteiger partial charge in [0.05, 0.1) is 0 Å². The maximum Gasteiger partial charge on any atom is 0.328 e. The van der Waals surface area contributed by atoms with Gasteiger partial charge in [0.15, 0.2) is 0 Å². The lowest BCUT2D eigenvalue weighted by Gasteiger charge is -2.36. The van der Waals surface area contributed by atoms with Crippen molar-refractivity contribution in [2.75, 3.05) is 11.4 Å². The van der Waals surface area contributed by atoms with Crippen molar-refractivity contribution in [2.24, 2.45) is 0 Å². The summed E-state index contributed by atoms with van der Waals surface area (Å²) in [6.07, 6.45) is 2.63. The summed E-state index contributed by atoms with van der Waals surface area (Å²) in [6, 6.07) is 19.1. The number of nitrogens with one attached hydrogen (secondary N) is 2. The fourth-order valence-electron chi connectivity index (χ4n) is 4.18. The predicted octanol–water partition coefficient (Wildman–Crippen LogP) is 3.53. The molecule has 2 heterocycles. The molecule has 162 valence electrons. The zero-order chi connectivity index (χ0) is 22.0. The molecule has 0 aliphatic carbocycles. The van der Waals surface area contributed by atoms with Crippen molar-refractivity contribution < 1.29 is 0 Å². The number of rotatable bonds is 5. The standard InChI is InChI=1S/C25H30N4O2/c1-25(2,3)29-17-19(23(30)27-24(29)31)15-26-21-13-14-28(16-18-9-5-4-6-10-18)22-12-8-7-11-20(21)22/h4-12,17,21,26H,13-16H2,1-3H3,(H,27,30,31). The van der Waals surface area contributed by atoms with Gasteiger partial charge in [0.2, 0.25) is 0 Å². The van der Waals surface area contributed by atoms with Gasteiger partial charge in [-0.25, -0.2) is 4.79 Å². The van der Waals surface area contributed by atoms with Crippen LogP contribution in [-0.4, -0.2) is 16.1 Å². The van der Waals surface area contributed by atoms with E-state index >= 15 is 0 Å². The summed E-state index contributed by atoms with van der Waals surface area (Å²) in [5.74, 6) is 0. The minimum atomic E-state index is -0.397. The fraction of sp³-hybridized carbons (Fsp3) is 0.360. The van der Waals surface area contributed by atoms with Gasteiger partial charge >= 0.3 is 5.69 Å². The molecule has 2 aromatic carbocycles. The van der Waals surface area contributed by atoms with Crippen LogP contribution in [0.3, 0.4) is 0 Å². The minimum Gasteiger partial charge on any atom is -0.367 e. The van der Waals surface area contributed by atoms with Crippen LogP contribution in [0.1, 0.15) is 49.9 Å². The number of para-hydroxylation sites is 1. The Kier molecular flexibility index (Phi) is 5.83. The third-order valence-electron chi connectivity index (χ3n) is 5.83. The van der Waals surface area contributed by atoms with Crippen molar-refractivity contribution in [2.45, 2.75) is 51.9 Å². The average Bonchev–Trinajstić information content (AvgIpc) is 2.74. The van der Waals surface area contributed by atoms with Gasteiger partial charge in [-0.05, 0) is 44.4 Å². The molecule has 0 bridgehead atoms. The molecule has 1 aromatic heterocycles. The topological polar surface area (TPSA) is 70.1 Å². The average molecular weight is 419 g/mol. The molecular formula is C25H30N4O2. The summed E-state index contributed by atoms with van der Waals surface area (Å²) >= 11 is 0. The highest BCUT2D eigenvalue weighted by molar-refractivity contribution is 5.57. The lowest BCUT2D eigenvalue weighted by molar-refractivity contribution is 0.372. The third kappa shape index (κ3) is 4.64. The molecule has 6 nitrogen and oxygen atoms in total. The second-order valence-electron chi connectivity index (χ2n) is 9.14. The summed E-state index contributed by atoms with van der Waals surface area (Å²) in [5.41, 5.74) is 3.23. The van der Waals surface area contributed by atoms with Crippen molar-refractivity contribution in [3.05, 3.63) is 98.3 Å². The van der Waals surface area contributed by atoms with Crippen molar-refractivity contribution >= 4 is 5.69 Å². The number of fused-ring (bicyclic) bond motifs is 1. The van der Waals surface area contributed by atoms with Crippen LogP contribution in [0.5, 0.6) is 0 Å². The highest BCUT2D eigenvalue weighted by Crippen LogP contribution is 2.34.